The molecule has 0 radical (unpaired) electrons. The Balaban J connectivity index is 2.30. The zero-order valence-electron chi connectivity index (χ0n) is 14.9. The number of methoxy groups -OCH3 is 2. The Hall–Kier alpha value is -3.52. The van der Waals surface area contributed by atoms with Crippen LogP contribution in [0.1, 0.15) is 11.1 Å². The van der Waals surface area contributed by atoms with Gasteiger partial charge in [-0.2, -0.15) is 5.26 Å². The minimum absolute atomic E-state index is 0.210. The van der Waals surface area contributed by atoms with Crippen molar-refractivity contribution in [1.29, 1.82) is 5.26 Å². The number of anilines is 1. The van der Waals surface area contributed by atoms with E-state index in [-0.39, 0.29) is 5.82 Å². The third kappa shape index (κ3) is 2.93. The number of aromatic nitrogens is 1. The van der Waals surface area contributed by atoms with Gasteiger partial charge >= 0.3 is 0 Å². The standard InChI is InChI=1S/C21H19N3O2/c1-13-19(15-9-10-17(25-2)18(11-15)26-3)16(12-22)21(23)24-20(13)14-7-5-4-6-8-14/h4-11H,1-3H3,(H2,23,24). The number of ether oxygens (including phenoxy) is 2. The molecule has 2 aromatic carbocycles. The first kappa shape index (κ1) is 17.3. The van der Waals surface area contributed by atoms with E-state index in [4.69, 9.17) is 15.2 Å². The van der Waals surface area contributed by atoms with Crippen molar-refractivity contribution in [2.24, 2.45) is 0 Å². The van der Waals surface area contributed by atoms with Crippen molar-refractivity contribution in [3.05, 3.63) is 59.7 Å². The molecule has 0 fully saturated rings. The summed E-state index contributed by atoms with van der Waals surface area (Å²) in [7, 11) is 3.16. The Kier molecular flexibility index (Phi) is 4.76. The van der Waals surface area contributed by atoms with E-state index < -0.39 is 0 Å². The van der Waals surface area contributed by atoms with Crippen LogP contribution in [0.2, 0.25) is 0 Å². The first-order valence-electron chi connectivity index (χ1n) is 8.08. The van der Waals surface area contributed by atoms with Crippen molar-refractivity contribution in [3.8, 4) is 40.0 Å². The molecule has 0 saturated heterocycles. The molecule has 0 aliphatic carbocycles. The minimum atomic E-state index is 0.210. The number of hydrogen-bond acceptors (Lipinski definition) is 5. The minimum Gasteiger partial charge on any atom is -0.493 e. The van der Waals surface area contributed by atoms with Crippen LogP contribution in [0.3, 0.4) is 0 Å². The quantitative estimate of drug-likeness (QED) is 0.766. The van der Waals surface area contributed by atoms with Gasteiger partial charge in [-0.25, -0.2) is 4.98 Å². The highest BCUT2D eigenvalue weighted by atomic mass is 16.5. The largest absolute Gasteiger partial charge is 0.493 e. The molecule has 3 rings (SSSR count). The summed E-state index contributed by atoms with van der Waals surface area (Å²) in [6.07, 6.45) is 0. The molecule has 130 valence electrons. The molecule has 0 atom stereocenters. The SMILES string of the molecule is COc1ccc(-c2c(C)c(-c3ccccc3)nc(N)c2C#N)cc1OC. The van der Waals surface area contributed by atoms with Crippen molar-refractivity contribution in [1.82, 2.24) is 4.98 Å². The number of nitriles is 1. The molecule has 5 nitrogen and oxygen atoms in total. The van der Waals surface area contributed by atoms with Crippen molar-refractivity contribution in [2.45, 2.75) is 6.92 Å². The summed E-state index contributed by atoms with van der Waals surface area (Å²) in [6, 6.07) is 17.5. The summed E-state index contributed by atoms with van der Waals surface area (Å²) in [5, 5.41) is 9.65. The second kappa shape index (κ2) is 7.16. The number of nitrogens with two attached hydrogens (primary N) is 1. The van der Waals surface area contributed by atoms with Crippen molar-refractivity contribution < 1.29 is 9.47 Å². The molecule has 1 aromatic heterocycles. The van der Waals surface area contributed by atoms with Crippen molar-refractivity contribution in [3.63, 3.8) is 0 Å². The molecule has 0 amide bonds. The van der Waals surface area contributed by atoms with Crippen LogP contribution >= 0.6 is 0 Å². The Morgan fingerprint density at radius 2 is 1.65 bits per heavy atom. The predicted molar refractivity (Wildman–Crippen MR) is 102 cm³/mol. The van der Waals surface area contributed by atoms with Gasteiger partial charge in [0.15, 0.2) is 11.5 Å². The number of nitrogen functional groups attached to an aromatic ring is 1. The van der Waals surface area contributed by atoms with E-state index >= 15 is 0 Å². The third-order valence-electron chi connectivity index (χ3n) is 4.30. The van der Waals surface area contributed by atoms with Crippen LogP contribution in [0.25, 0.3) is 22.4 Å². The van der Waals surface area contributed by atoms with E-state index in [1.54, 1.807) is 14.2 Å². The highest BCUT2D eigenvalue weighted by molar-refractivity contribution is 5.85. The van der Waals surface area contributed by atoms with Crippen LogP contribution in [0, 0.1) is 18.3 Å². The number of nitrogens with zero attached hydrogens (tertiary/aromatic N) is 2. The van der Waals surface area contributed by atoms with Gasteiger partial charge in [0, 0.05) is 11.1 Å². The van der Waals surface area contributed by atoms with Gasteiger partial charge in [-0.15, -0.1) is 0 Å². The smallest absolute Gasteiger partial charge is 0.161 e. The molecule has 1 heterocycles. The zero-order chi connectivity index (χ0) is 18.7. The van der Waals surface area contributed by atoms with Gasteiger partial charge in [0.25, 0.3) is 0 Å². The average Bonchev–Trinajstić information content (AvgIpc) is 2.69. The second-order valence-electron chi connectivity index (χ2n) is 5.77. The van der Waals surface area contributed by atoms with E-state index in [0.717, 1.165) is 27.9 Å². The van der Waals surface area contributed by atoms with Gasteiger partial charge in [0.2, 0.25) is 0 Å². The van der Waals surface area contributed by atoms with Crippen molar-refractivity contribution in [2.75, 3.05) is 20.0 Å². The van der Waals surface area contributed by atoms with Crippen LogP contribution < -0.4 is 15.2 Å². The summed E-state index contributed by atoms with van der Waals surface area (Å²) in [6.45, 7) is 1.95. The van der Waals surface area contributed by atoms with Gasteiger partial charge in [-0.05, 0) is 30.2 Å². The first-order valence-corrected chi connectivity index (χ1v) is 8.08. The van der Waals surface area contributed by atoms with Crippen LogP contribution in [0.4, 0.5) is 5.82 Å². The molecule has 26 heavy (non-hydrogen) atoms. The molecule has 5 heteroatoms. The van der Waals surface area contributed by atoms with Gasteiger partial charge in [0.05, 0.1) is 19.9 Å². The molecular weight excluding hydrogens is 326 g/mol. The van der Waals surface area contributed by atoms with Gasteiger partial charge in [-0.3, -0.25) is 0 Å². The Morgan fingerprint density at radius 1 is 0.962 bits per heavy atom. The summed E-state index contributed by atoms with van der Waals surface area (Å²) in [4.78, 5) is 4.48. The summed E-state index contributed by atoms with van der Waals surface area (Å²) in [5.41, 5.74) is 10.6. The predicted octanol–water partition coefficient (Wildman–Crippen LogP) is 4.20. The van der Waals surface area contributed by atoms with Crippen molar-refractivity contribution >= 4 is 5.82 Å². The van der Waals surface area contributed by atoms with Crippen LogP contribution in [-0.4, -0.2) is 19.2 Å². The first-order chi connectivity index (χ1) is 12.6. The maximum Gasteiger partial charge on any atom is 0.161 e. The topological polar surface area (TPSA) is 81.2 Å². The molecule has 0 unspecified atom stereocenters. The normalized spacial score (nSPS) is 10.2. The van der Waals surface area contributed by atoms with E-state index in [1.165, 1.54) is 0 Å². The van der Waals surface area contributed by atoms with E-state index in [9.17, 15) is 5.26 Å². The number of hydrogen-bond donors (Lipinski definition) is 1. The molecule has 0 spiro atoms. The summed E-state index contributed by atoms with van der Waals surface area (Å²) < 4.78 is 10.7. The monoisotopic (exact) mass is 345 g/mol. The van der Waals surface area contributed by atoms with E-state index in [2.05, 4.69) is 11.1 Å². The molecule has 0 aliphatic heterocycles. The fourth-order valence-corrected chi connectivity index (χ4v) is 3.04. The highest BCUT2D eigenvalue weighted by Crippen LogP contribution is 2.39. The maximum atomic E-state index is 9.65. The lowest BCUT2D eigenvalue weighted by molar-refractivity contribution is 0.355. The molecular formula is C21H19N3O2. The van der Waals surface area contributed by atoms with E-state index in [0.29, 0.717) is 17.1 Å². The Labute approximate surface area is 152 Å². The van der Waals surface area contributed by atoms with Gasteiger partial charge < -0.3 is 15.2 Å². The second-order valence-corrected chi connectivity index (χ2v) is 5.77. The zero-order valence-corrected chi connectivity index (χ0v) is 14.9. The molecule has 0 saturated carbocycles. The number of pyridine rings is 1. The fourth-order valence-electron chi connectivity index (χ4n) is 3.04. The third-order valence-corrected chi connectivity index (χ3v) is 4.30. The summed E-state index contributed by atoms with van der Waals surface area (Å²) >= 11 is 0. The summed E-state index contributed by atoms with van der Waals surface area (Å²) in [5.74, 6) is 1.42. The number of rotatable bonds is 4. The lowest BCUT2D eigenvalue weighted by Crippen LogP contribution is -2.03. The fraction of sp³-hybridized carbons (Fsp3) is 0.143. The van der Waals surface area contributed by atoms with Gasteiger partial charge in [-0.1, -0.05) is 36.4 Å². The van der Waals surface area contributed by atoms with Crippen LogP contribution in [0.15, 0.2) is 48.5 Å². The highest BCUT2D eigenvalue weighted by Gasteiger charge is 2.19. The molecule has 3 aromatic rings. The molecule has 0 aliphatic rings. The lowest BCUT2D eigenvalue weighted by Gasteiger charge is -2.16. The van der Waals surface area contributed by atoms with Crippen LogP contribution in [0.5, 0.6) is 11.5 Å². The van der Waals surface area contributed by atoms with Gasteiger partial charge in [0.1, 0.15) is 17.5 Å². The van der Waals surface area contributed by atoms with E-state index in [1.807, 2.05) is 55.5 Å². The Bertz CT molecular complexity index is 992. The Morgan fingerprint density at radius 3 is 2.27 bits per heavy atom. The lowest BCUT2D eigenvalue weighted by atomic mass is 9.92. The number of benzene rings is 2. The molecule has 0 bridgehead atoms. The van der Waals surface area contributed by atoms with Crippen LogP contribution in [-0.2, 0) is 0 Å². The maximum absolute atomic E-state index is 9.65. The molecule has 2 N–H and O–H groups in total. The average molecular weight is 345 g/mol.